The van der Waals surface area contributed by atoms with Crippen LogP contribution in [0.1, 0.15) is 5.56 Å². The summed E-state index contributed by atoms with van der Waals surface area (Å²) in [6.07, 6.45) is -2.78. The van der Waals surface area contributed by atoms with Crippen molar-refractivity contribution in [3.8, 4) is 0 Å². The first-order valence-electron chi connectivity index (χ1n) is 4.29. The number of halogens is 3. The van der Waals surface area contributed by atoms with E-state index in [1.807, 2.05) is 0 Å². The average Bonchev–Trinajstić information content (AvgIpc) is 2.06. The highest BCUT2D eigenvalue weighted by Crippen LogP contribution is 2.21. The molecule has 0 atom stereocenters. The maximum atomic E-state index is 12.1. The van der Waals surface area contributed by atoms with Crippen LogP contribution in [-0.4, -0.2) is 24.8 Å². The van der Waals surface area contributed by atoms with E-state index in [4.69, 9.17) is 5.73 Å². The van der Waals surface area contributed by atoms with Gasteiger partial charge in [-0.3, -0.25) is 0 Å². The van der Waals surface area contributed by atoms with E-state index < -0.39 is 12.7 Å². The second-order valence-corrected chi connectivity index (χ2v) is 3.37. The number of rotatable bonds is 2. The molecule has 6 heteroatoms. The Labute approximate surface area is 85.7 Å². The fourth-order valence-electron chi connectivity index (χ4n) is 1.09. The minimum atomic E-state index is -4.24. The Bertz CT molecular complexity index is 349. The van der Waals surface area contributed by atoms with Gasteiger partial charge in [0.05, 0.1) is 0 Å². The topological polar surface area (TPSA) is 42.2 Å². The number of hydrogen-bond donors (Lipinski definition) is 1. The molecular weight excluding hydrogens is 207 g/mol. The fraction of sp³-hybridized carbons (Fsp3) is 0.444. The van der Waals surface area contributed by atoms with E-state index in [9.17, 15) is 13.2 Å². The largest absolute Gasteiger partial charge is 0.405 e. The van der Waals surface area contributed by atoms with Gasteiger partial charge in [-0.05, 0) is 12.5 Å². The summed E-state index contributed by atoms with van der Waals surface area (Å²) in [6.45, 7) is 0.707. The van der Waals surface area contributed by atoms with E-state index in [2.05, 4.69) is 4.98 Å². The van der Waals surface area contributed by atoms with Gasteiger partial charge in [-0.15, -0.1) is 0 Å². The van der Waals surface area contributed by atoms with Gasteiger partial charge in [0.25, 0.3) is 0 Å². The van der Waals surface area contributed by atoms with Gasteiger partial charge < -0.3 is 10.6 Å². The lowest BCUT2D eigenvalue weighted by atomic mass is 10.2. The fourth-order valence-corrected chi connectivity index (χ4v) is 1.09. The molecule has 0 saturated heterocycles. The van der Waals surface area contributed by atoms with E-state index in [0.717, 1.165) is 10.5 Å². The molecule has 0 amide bonds. The highest BCUT2D eigenvalue weighted by atomic mass is 19.4. The van der Waals surface area contributed by atoms with Crippen LogP contribution in [0.4, 0.5) is 24.7 Å². The number of aromatic nitrogens is 1. The number of hydrogen-bond acceptors (Lipinski definition) is 3. The lowest BCUT2D eigenvalue weighted by Crippen LogP contribution is -2.31. The second-order valence-electron chi connectivity index (χ2n) is 3.37. The smallest absolute Gasteiger partial charge is 0.398 e. The quantitative estimate of drug-likeness (QED) is 0.826. The van der Waals surface area contributed by atoms with Crippen LogP contribution in [0.25, 0.3) is 0 Å². The van der Waals surface area contributed by atoms with E-state index in [-0.39, 0.29) is 5.82 Å². The van der Waals surface area contributed by atoms with Crippen molar-refractivity contribution in [2.45, 2.75) is 13.1 Å². The molecule has 1 aromatic heterocycles. The Morgan fingerprint density at radius 2 is 2.07 bits per heavy atom. The standard InChI is InChI=1S/C9H12F3N3/c1-6-4-14-8(3-7(6)13)15(2)5-9(10,11)12/h3-4H,5H2,1-2H3,(H2,13,14). The molecule has 0 aromatic carbocycles. The van der Waals surface area contributed by atoms with Crippen LogP contribution >= 0.6 is 0 Å². The molecule has 3 nitrogen and oxygen atoms in total. The molecule has 0 spiro atoms. The van der Waals surface area contributed by atoms with Crippen LogP contribution < -0.4 is 10.6 Å². The molecule has 0 unspecified atom stereocenters. The van der Waals surface area contributed by atoms with Crippen LogP contribution in [0.3, 0.4) is 0 Å². The third kappa shape index (κ3) is 3.30. The van der Waals surface area contributed by atoms with Crippen LogP contribution in [0.15, 0.2) is 12.3 Å². The lowest BCUT2D eigenvalue weighted by Gasteiger charge is -2.20. The molecule has 2 N–H and O–H groups in total. The summed E-state index contributed by atoms with van der Waals surface area (Å²) in [5.41, 5.74) is 6.76. The minimum absolute atomic E-state index is 0.218. The molecule has 15 heavy (non-hydrogen) atoms. The summed E-state index contributed by atoms with van der Waals surface area (Å²) in [4.78, 5) is 4.88. The van der Waals surface area contributed by atoms with Crippen molar-refractivity contribution in [2.75, 3.05) is 24.2 Å². The monoisotopic (exact) mass is 219 g/mol. The van der Waals surface area contributed by atoms with Gasteiger partial charge in [-0.25, -0.2) is 4.98 Å². The molecule has 0 radical (unpaired) electrons. The Kier molecular flexibility index (Phi) is 3.06. The van der Waals surface area contributed by atoms with Crippen molar-refractivity contribution in [2.24, 2.45) is 0 Å². The van der Waals surface area contributed by atoms with Gasteiger partial charge in [0.1, 0.15) is 12.4 Å². The van der Waals surface area contributed by atoms with Crippen LogP contribution in [-0.2, 0) is 0 Å². The van der Waals surface area contributed by atoms with Gasteiger partial charge in [0.2, 0.25) is 0 Å². The summed E-state index contributed by atoms with van der Waals surface area (Å²) >= 11 is 0. The zero-order valence-electron chi connectivity index (χ0n) is 8.47. The molecule has 1 rings (SSSR count). The van der Waals surface area contributed by atoms with Crippen LogP contribution in [0, 0.1) is 6.92 Å². The number of alkyl halides is 3. The summed E-state index contributed by atoms with van der Waals surface area (Å²) < 4.78 is 36.2. The summed E-state index contributed by atoms with van der Waals surface area (Å²) in [7, 11) is 1.32. The second kappa shape index (κ2) is 3.96. The predicted octanol–water partition coefficient (Wildman–Crippen LogP) is 1.97. The van der Waals surface area contributed by atoms with Gasteiger partial charge in [0, 0.05) is 25.0 Å². The number of pyridine rings is 1. The van der Waals surface area contributed by atoms with Crippen LogP contribution in [0.2, 0.25) is 0 Å². The van der Waals surface area contributed by atoms with Gasteiger partial charge in [-0.1, -0.05) is 0 Å². The van der Waals surface area contributed by atoms with Crippen LogP contribution in [0.5, 0.6) is 0 Å². The Morgan fingerprint density at radius 1 is 1.47 bits per heavy atom. The van der Waals surface area contributed by atoms with Crippen molar-refractivity contribution in [3.05, 3.63) is 17.8 Å². The molecule has 0 aliphatic heterocycles. The third-order valence-corrected chi connectivity index (χ3v) is 1.94. The van der Waals surface area contributed by atoms with Gasteiger partial charge in [0.15, 0.2) is 0 Å². The maximum Gasteiger partial charge on any atom is 0.405 e. The summed E-state index contributed by atoms with van der Waals surface area (Å²) in [6, 6.07) is 1.43. The highest BCUT2D eigenvalue weighted by Gasteiger charge is 2.29. The zero-order valence-corrected chi connectivity index (χ0v) is 8.47. The molecule has 1 aromatic rings. The van der Waals surface area contributed by atoms with Crippen molar-refractivity contribution < 1.29 is 13.2 Å². The van der Waals surface area contributed by atoms with E-state index >= 15 is 0 Å². The number of nitrogen functional groups attached to an aromatic ring is 1. The molecule has 0 fully saturated rings. The molecule has 84 valence electrons. The summed E-state index contributed by atoms with van der Waals surface area (Å²) in [5.74, 6) is 0.218. The first-order valence-corrected chi connectivity index (χ1v) is 4.29. The van der Waals surface area contributed by atoms with Crippen molar-refractivity contribution >= 4 is 11.5 Å². The first-order chi connectivity index (χ1) is 6.79. The highest BCUT2D eigenvalue weighted by molar-refractivity contribution is 5.54. The van der Waals surface area contributed by atoms with E-state index in [1.165, 1.54) is 19.3 Å². The number of aryl methyl sites for hydroxylation is 1. The van der Waals surface area contributed by atoms with Crippen molar-refractivity contribution in [1.82, 2.24) is 4.98 Å². The Morgan fingerprint density at radius 3 is 2.53 bits per heavy atom. The Hall–Kier alpha value is -1.46. The first kappa shape index (κ1) is 11.6. The molecule has 1 heterocycles. The molecule has 0 aliphatic rings. The van der Waals surface area contributed by atoms with Crippen molar-refractivity contribution in [3.63, 3.8) is 0 Å². The predicted molar refractivity (Wildman–Crippen MR) is 52.7 cm³/mol. The zero-order chi connectivity index (χ0) is 11.6. The lowest BCUT2D eigenvalue weighted by molar-refractivity contribution is -0.119. The molecule has 0 aliphatic carbocycles. The maximum absolute atomic E-state index is 12.1. The molecule has 0 saturated carbocycles. The Balaban J connectivity index is 2.83. The van der Waals surface area contributed by atoms with E-state index in [1.54, 1.807) is 6.92 Å². The van der Waals surface area contributed by atoms with Gasteiger partial charge >= 0.3 is 6.18 Å². The minimum Gasteiger partial charge on any atom is -0.398 e. The SMILES string of the molecule is Cc1cnc(N(C)CC(F)(F)F)cc1N. The van der Waals surface area contributed by atoms with Gasteiger partial charge in [-0.2, -0.15) is 13.2 Å². The molecule has 0 bridgehead atoms. The third-order valence-electron chi connectivity index (χ3n) is 1.94. The normalized spacial score (nSPS) is 11.5. The van der Waals surface area contributed by atoms with Crippen molar-refractivity contribution in [1.29, 1.82) is 0 Å². The number of anilines is 2. The average molecular weight is 219 g/mol. The van der Waals surface area contributed by atoms with E-state index in [0.29, 0.717) is 5.69 Å². The molecular formula is C9H12F3N3. The summed E-state index contributed by atoms with van der Waals surface area (Å²) in [5, 5.41) is 0. The number of nitrogens with two attached hydrogens (primary N) is 1. The number of nitrogens with zero attached hydrogens (tertiary/aromatic N) is 2.